The van der Waals surface area contributed by atoms with Gasteiger partial charge in [0.25, 0.3) is 0 Å². The monoisotopic (exact) mass is 233 g/mol. The van der Waals surface area contributed by atoms with Gasteiger partial charge in [-0.05, 0) is 13.1 Å². The molecule has 0 bridgehead atoms. The quantitative estimate of drug-likeness (QED) is 0.739. The number of pyridine rings is 1. The van der Waals surface area contributed by atoms with Gasteiger partial charge in [0.1, 0.15) is 5.60 Å². The highest BCUT2D eigenvalue weighted by Crippen LogP contribution is 2.42. The second-order valence-corrected chi connectivity index (χ2v) is 4.73. The van der Waals surface area contributed by atoms with Gasteiger partial charge in [-0.1, -0.05) is 0 Å². The number of rotatable bonds is 0. The molecule has 5 nitrogen and oxygen atoms in total. The minimum atomic E-state index is -0.451. The number of hydrogen-bond acceptors (Lipinski definition) is 4. The van der Waals surface area contributed by atoms with Crippen LogP contribution in [0, 0.1) is 0 Å². The van der Waals surface area contributed by atoms with Crippen LogP contribution in [0.1, 0.15) is 18.4 Å². The molecule has 1 amide bonds. The molecular weight excluding hydrogens is 218 g/mol. The number of anilines is 1. The molecular formula is C12H15N3O2. The molecule has 0 aliphatic carbocycles. The highest BCUT2D eigenvalue weighted by molar-refractivity contribution is 5.88. The van der Waals surface area contributed by atoms with Crippen LogP contribution in [0.15, 0.2) is 18.5 Å². The van der Waals surface area contributed by atoms with E-state index in [9.17, 15) is 4.79 Å². The Labute approximate surface area is 99.8 Å². The normalized spacial score (nSPS) is 22.8. The van der Waals surface area contributed by atoms with E-state index in [-0.39, 0.29) is 6.09 Å². The molecule has 2 aliphatic heterocycles. The largest absolute Gasteiger partial charge is 0.438 e. The summed E-state index contributed by atoms with van der Waals surface area (Å²) in [6, 6.07) is 1.94. The molecule has 5 heteroatoms. The number of ether oxygens (including phenoxy) is 1. The van der Waals surface area contributed by atoms with E-state index < -0.39 is 5.60 Å². The third kappa shape index (κ3) is 1.67. The number of likely N-dealkylation sites (tertiary alicyclic amines) is 1. The zero-order chi connectivity index (χ0) is 11.9. The van der Waals surface area contributed by atoms with E-state index in [1.54, 1.807) is 12.4 Å². The predicted octanol–water partition coefficient (Wildman–Crippen LogP) is 1.56. The lowest BCUT2D eigenvalue weighted by molar-refractivity contribution is -0.0334. The molecule has 1 aromatic heterocycles. The van der Waals surface area contributed by atoms with Crippen molar-refractivity contribution in [2.75, 3.05) is 25.5 Å². The number of carbonyl (C=O) groups excluding carboxylic acids is 1. The predicted molar refractivity (Wildman–Crippen MR) is 62.7 cm³/mol. The number of amides is 1. The van der Waals surface area contributed by atoms with Crippen molar-refractivity contribution in [3.8, 4) is 0 Å². The smallest absolute Gasteiger partial charge is 0.412 e. The molecule has 1 saturated heterocycles. The molecule has 0 atom stereocenters. The first-order valence-electron chi connectivity index (χ1n) is 5.83. The van der Waals surface area contributed by atoms with E-state index in [4.69, 9.17) is 4.74 Å². The van der Waals surface area contributed by atoms with Crippen molar-refractivity contribution >= 4 is 11.8 Å². The Kier molecular flexibility index (Phi) is 2.29. The second kappa shape index (κ2) is 3.70. The van der Waals surface area contributed by atoms with Gasteiger partial charge < -0.3 is 9.64 Å². The molecule has 1 fully saturated rings. The maximum atomic E-state index is 11.6. The summed E-state index contributed by atoms with van der Waals surface area (Å²) >= 11 is 0. The second-order valence-electron chi connectivity index (χ2n) is 4.73. The van der Waals surface area contributed by atoms with Gasteiger partial charge >= 0.3 is 6.09 Å². The van der Waals surface area contributed by atoms with Crippen LogP contribution in [-0.2, 0) is 10.3 Å². The van der Waals surface area contributed by atoms with Crippen molar-refractivity contribution in [2.45, 2.75) is 18.4 Å². The van der Waals surface area contributed by atoms with Crippen LogP contribution in [-0.4, -0.2) is 36.1 Å². The number of fused-ring (bicyclic) bond motifs is 2. The maximum Gasteiger partial charge on any atom is 0.412 e. The molecule has 0 unspecified atom stereocenters. The average molecular weight is 233 g/mol. The third-order valence-electron chi connectivity index (χ3n) is 3.63. The first-order chi connectivity index (χ1) is 8.20. The van der Waals surface area contributed by atoms with Gasteiger partial charge in [0.05, 0.1) is 11.9 Å². The molecule has 3 heterocycles. The van der Waals surface area contributed by atoms with Crippen molar-refractivity contribution in [1.82, 2.24) is 9.88 Å². The molecule has 1 aromatic rings. The van der Waals surface area contributed by atoms with E-state index >= 15 is 0 Å². The molecule has 0 aromatic carbocycles. The zero-order valence-corrected chi connectivity index (χ0v) is 9.77. The van der Waals surface area contributed by atoms with Crippen LogP contribution >= 0.6 is 0 Å². The van der Waals surface area contributed by atoms with Crippen LogP contribution in [0.3, 0.4) is 0 Å². The first kappa shape index (κ1) is 10.5. The third-order valence-corrected chi connectivity index (χ3v) is 3.63. The topological polar surface area (TPSA) is 54.5 Å². The Hall–Kier alpha value is -1.62. The molecule has 0 saturated carbocycles. The summed E-state index contributed by atoms with van der Waals surface area (Å²) in [6.45, 7) is 1.88. The molecule has 3 rings (SSSR count). The summed E-state index contributed by atoms with van der Waals surface area (Å²) in [5, 5.41) is 2.71. The van der Waals surface area contributed by atoms with Crippen LogP contribution in [0.25, 0.3) is 0 Å². The van der Waals surface area contributed by atoms with E-state index in [0.29, 0.717) is 0 Å². The van der Waals surface area contributed by atoms with Gasteiger partial charge in [-0.25, -0.2) is 4.79 Å². The highest BCUT2D eigenvalue weighted by atomic mass is 16.6. The van der Waals surface area contributed by atoms with Crippen LogP contribution in [0.5, 0.6) is 0 Å². The van der Waals surface area contributed by atoms with E-state index in [2.05, 4.69) is 22.2 Å². The lowest BCUT2D eigenvalue weighted by Crippen LogP contribution is -2.47. The highest BCUT2D eigenvalue weighted by Gasteiger charge is 2.43. The van der Waals surface area contributed by atoms with E-state index in [1.807, 2.05) is 6.07 Å². The summed E-state index contributed by atoms with van der Waals surface area (Å²) in [6.07, 6.45) is 4.76. The lowest BCUT2D eigenvalue weighted by atomic mass is 9.83. The molecule has 17 heavy (non-hydrogen) atoms. The van der Waals surface area contributed by atoms with Gasteiger partial charge in [0.15, 0.2) is 0 Å². The van der Waals surface area contributed by atoms with Gasteiger partial charge in [0, 0.05) is 37.7 Å². The molecule has 1 N–H and O–H groups in total. The molecule has 0 radical (unpaired) electrons. The van der Waals surface area contributed by atoms with Crippen molar-refractivity contribution in [2.24, 2.45) is 0 Å². The van der Waals surface area contributed by atoms with Crippen LogP contribution in [0.2, 0.25) is 0 Å². The minimum Gasteiger partial charge on any atom is -0.438 e. The molecule has 1 spiro atoms. The van der Waals surface area contributed by atoms with Gasteiger partial charge in [-0.3, -0.25) is 10.3 Å². The van der Waals surface area contributed by atoms with Gasteiger partial charge in [0.2, 0.25) is 0 Å². The first-order valence-corrected chi connectivity index (χ1v) is 5.83. The fourth-order valence-electron chi connectivity index (χ4n) is 2.61. The zero-order valence-electron chi connectivity index (χ0n) is 9.77. The van der Waals surface area contributed by atoms with Gasteiger partial charge in [-0.15, -0.1) is 0 Å². The van der Waals surface area contributed by atoms with Crippen molar-refractivity contribution in [1.29, 1.82) is 0 Å². The Morgan fingerprint density at radius 3 is 3.00 bits per heavy atom. The number of carbonyl (C=O) groups is 1. The SMILES string of the molecule is CN1CCC2(CC1)OC(=O)Nc1cnccc12. The fraction of sp³-hybridized carbons (Fsp3) is 0.500. The van der Waals surface area contributed by atoms with E-state index in [0.717, 1.165) is 37.2 Å². The summed E-state index contributed by atoms with van der Waals surface area (Å²) < 4.78 is 5.59. The summed E-state index contributed by atoms with van der Waals surface area (Å²) in [5.41, 5.74) is 1.39. The number of nitrogens with one attached hydrogen (secondary N) is 1. The lowest BCUT2D eigenvalue weighted by Gasteiger charge is -2.43. The van der Waals surface area contributed by atoms with Crippen molar-refractivity contribution in [3.63, 3.8) is 0 Å². The Balaban J connectivity index is 2.02. The van der Waals surface area contributed by atoms with Gasteiger partial charge in [-0.2, -0.15) is 0 Å². The molecule has 2 aliphatic rings. The Bertz CT molecular complexity index is 453. The van der Waals surface area contributed by atoms with E-state index in [1.165, 1.54) is 0 Å². The van der Waals surface area contributed by atoms with Crippen molar-refractivity contribution < 1.29 is 9.53 Å². The summed E-state index contributed by atoms with van der Waals surface area (Å²) in [5.74, 6) is 0. The number of aromatic nitrogens is 1. The number of piperidine rings is 1. The Morgan fingerprint density at radius 2 is 2.24 bits per heavy atom. The molecule has 90 valence electrons. The summed E-state index contributed by atoms with van der Waals surface area (Å²) in [7, 11) is 2.09. The summed E-state index contributed by atoms with van der Waals surface area (Å²) in [4.78, 5) is 17.9. The fourth-order valence-corrected chi connectivity index (χ4v) is 2.61. The maximum absolute atomic E-state index is 11.6. The van der Waals surface area contributed by atoms with Crippen molar-refractivity contribution in [3.05, 3.63) is 24.0 Å². The Morgan fingerprint density at radius 1 is 1.47 bits per heavy atom. The standard InChI is InChI=1S/C12H15N3O2/c1-15-6-3-12(4-7-15)9-2-5-13-8-10(9)14-11(16)17-12/h2,5,8H,3-4,6-7H2,1H3,(H,14,16). The average Bonchev–Trinajstić information content (AvgIpc) is 2.33. The van der Waals surface area contributed by atoms with Crippen LogP contribution < -0.4 is 5.32 Å². The number of nitrogens with zero attached hydrogens (tertiary/aromatic N) is 2. The minimum absolute atomic E-state index is 0.366. The number of hydrogen-bond donors (Lipinski definition) is 1. The van der Waals surface area contributed by atoms with Crippen LogP contribution in [0.4, 0.5) is 10.5 Å².